The number of esters is 2. The van der Waals surface area contributed by atoms with Crippen LogP contribution in [0, 0.1) is 5.92 Å². The monoisotopic (exact) mass is 215 g/mol. The van der Waals surface area contributed by atoms with Gasteiger partial charge in [-0.25, -0.2) is 0 Å². The minimum absolute atomic E-state index is 0.0859. The third kappa shape index (κ3) is 3.87. The van der Waals surface area contributed by atoms with Crippen molar-refractivity contribution in [3.05, 3.63) is 0 Å². The molecule has 0 aromatic rings. The smallest absolute Gasteiger partial charge is 0.302 e. The van der Waals surface area contributed by atoms with E-state index in [1.807, 2.05) is 7.05 Å². The molecular formula is C10H17NO4. The first-order valence-corrected chi connectivity index (χ1v) is 4.98. The average molecular weight is 215 g/mol. The second-order valence-electron chi connectivity index (χ2n) is 3.93. The number of hydrogen-bond donors (Lipinski definition) is 0. The van der Waals surface area contributed by atoms with Crippen LogP contribution in [0.25, 0.3) is 0 Å². The summed E-state index contributed by atoms with van der Waals surface area (Å²) in [6.45, 7) is 4.56. The molecule has 0 spiro atoms. The molecule has 1 aliphatic rings. The third-order valence-electron chi connectivity index (χ3n) is 2.38. The molecule has 0 aromatic carbocycles. The lowest BCUT2D eigenvalue weighted by molar-refractivity contribution is -0.150. The van der Waals surface area contributed by atoms with Crippen LogP contribution in [0.2, 0.25) is 0 Å². The lowest BCUT2D eigenvalue weighted by atomic mass is 10.1. The first-order valence-electron chi connectivity index (χ1n) is 4.98. The van der Waals surface area contributed by atoms with Crippen molar-refractivity contribution in [3.63, 3.8) is 0 Å². The molecule has 0 N–H and O–H groups in total. The van der Waals surface area contributed by atoms with Gasteiger partial charge < -0.3 is 14.4 Å². The largest absolute Gasteiger partial charge is 0.465 e. The number of nitrogens with zero attached hydrogens (tertiary/aromatic N) is 1. The van der Waals surface area contributed by atoms with Crippen LogP contribution in [0.1, 0.15) is 13.8 Å². The zero-order chi connectivity index (χ0) is 11.4. The number of likely N-dealkylation sites (tertiary alicyclic amines) is 1. The maximum absolute atomic E-state index is 10.8. The predicted molar refractivity (Wildman–Crippen MR) is 53.2 cm³/mol. The number of hydrogen-bond acceptors (Lipinski definition) is 5. The van der Waals surface area contributed by atoms with Crippen LogP contribution >= 0.6 is 0 Å². The molecule has 0 aromatic heterocycles. The fourth-order valence-corrected chi connectivity index (χ4v) is 1.78. The van der Waals surface area contributed by atoms with Gasteiger partial charge in [0.1, 0.15) is 6.10 Å². The molecule has 0 unspecified atom stereocenters. The summed E-state index contributed by atoms with van der Waals surface area (Å²) >= 11 is 0. The molecule has 1 fully saturated rings. The number of rotatable bonds is 3. The SMILES string of the molecule is CC(=O)OC[C@@H]1CN(C)C[C@H]1OC(C)=O. The Bertz CT molecular complexity index is 254. The van der Waals surface area contributed by atoms with Crippen LogP contribution in [0.15, 0.2) is 0 Å². The molecule has 0 saturated carbocycles. The zero-order valence-corrected chi connectivity index (χ0v) is 9.36. The Morgan fingerprint density at radius 3 is 2.47 bits per heavy atom. The highest BCUT2D eigenvalue weighted by molar-refractivity contribution is 5.66. The number of carbonyl (C=O) groups excluding carboxylic acids is 2. The highest BCUT2D eigenvalue weighted by Crippen LogP contribution is 2.19. The molecule has 0 amide bonds. The van der Waals surface area contributed by atoms with Crippen LogP contribution in [-0.4, -0.2) is 49.7 Å². The lowest BCUT2D eigenvalue weighted by Gasteiger charge is -2.17. The van der Waals surface area contributed by atoms with Gasteiger partial charge in [0.05, 0.1) is 6.61 Å². The summed E-state index contributed by atoms with van der Waals surface area (Å²) in [5.74, 6) is -0.503. The summed E-state index contributed by atoms with van der Waals surface area (Å²) in [5, 5.41) is 0. The fraction of sp³-hybridized carbons (Fsp3) is 0.800. The van der Waals surface area contributed by atoms with Gasteiger partial charge in [-0.3, -0.25) is 9.59 Å². The zero-order valence-electron chi connectivity index (χ0n) is 9.36. The molecule has 1 saturated heterocycles. The summed E-state index contributed by atoms with van der Waals surface area (Å²) in [7, 11) is 1.95. The lowest BCUT2D eigenvalue weighted by Crippen LogP contribution is -2.28. The maximum atomic E-state index is 10.8. The van der Waals surface area contributed by atoms with E-state index in [-0.39, 0.29) is 24.0 Å². The van der Waals surface area contributed by atoms with Crippen molar-refractivity contribution in [2.24, 2.45) is 5.92 Å². The second-order valence-corrected chi connectivity index (χ2v) is 3.93. The van der Waals surface area contributed by atoms with Gasteiger partial charge in [-0.05, 0) is 7.05 Å². The molecule has 1 rings (SSSR count). The van der Waals surface area contributed by atoms with Gasteiger partial charge in [0, 0.05) is 32.9 Å². The molecule has 1 aliphatic heterocycles. The van der Waals surface area contributed by atoms with E-state index in [0.29, 0.717) is 13.2 Å². The Morgan fingerprint density at radius 2 is 1.93 bits per heavy atom. The Hall–Kier alpha value is -1.10. The van der Waals surface area contributed by atoms with E-state index in [2.05, 4.69) is 4.90 Å². The van der Waals surface area contributed by atoms with Gasteiger partial charge in [-0.2, -0.15) is 0 Å². The van der Waals surface area contributed by atoms with Gasteiger partial charge in [-0.15, -0.1) is 0 Å². The number of likely N-dealkylation sites (N-methyl/N-ethyl adjacent to an activating group) is 1. The second kappa shape index (κ2) is 5.11. The van der Waals surface area contributed by atoms with E-state index in [1.165, 1.54) is 13.8 Å². The minimum atomic E-state index is -0.300. The molecule has 0 aliphatic carbocycles. The Balaban J connectivity index is 2.45. The molecule has 1 heterocycles. The van der Waals surface area contributed by atoms with Crippen molar-refractivity contribution in [1.82, 2.24) is 4.90 Å². The Morgan fingerprint density at radius 1 is 1.27 bits per heavy atom. The summed E-state index contributed by atoms with van der Waals surface area (Å²) < 4.78 is 10.1. The summed E-state index contributed by atoms with van der Waals surface area (Å²) in [6, 6.07) is 0. The van der Waals surface area contributed by atoms with Gasteiger partial charge in [-0.1, -0.05) is 0 Å². The first-order chi connectivity index (χ1) is 6.99. The van der Waals surface area contributed by atoms with Crippen molar-refractivity contribution in [1.29, 1.82) is 0 Å². The molecule has 5 heteroatoms. The third-order valence-corrected chi connectivity index (χ3v) is 2.38. The normalized spacial score (nSPS) is 26.3. The van der Waals surface area contributed by atoms with Crippen LogP contribution < -0.4 is 0 Å². The predicted octanol–water partition coefficient (Wildman–Crippen LogP) is 0.0428. The summed E-state index contributed by atoms with van der Waals surface area (Å²) in [5.41, 5.74) is 0. The average Bonchev–Trinajstić information content (AvgIpc) is 2.41. The van der Waals surface area contributed by atoms with Crippen molar-refractivity contribution in [3.8, 4) is 0 Å². The van der Waals surface area contributed by atoms with Crippen molar-refractivity contribution >= 4 is 11.9 Å². The highest BCUT2D eigenvalue weighted by atomic mass is 16.6. The Labute approximate surface area is 89.3 Å². The van der Waals surface area contributed by atoms with Crippen molar-refractivity contribution < 1.29 is 19.1 Å². The summed E-state index contributed by atoms with van der Waals surface area (Å²) in [6.07, 6.45) is -0.160. The van der Waals surface area contributed by atoms with E-state index in [4.69, 9.17) is 9.47 Å². The van der Waals surface area contributed by atoms with Crippen LogP contribution in [0.4, 0.5) is 0 Å². The fourth-order valence-electron chi connectivity index (χ4n) is 1.78. The van der Waals surface area contributed by atoms with Crippen molar-refractivity contribution in [2.45, 2.75) is 20.0 Å². The summed E-state index contributed by atoms with van der Waals surface area (Å²) in [4.78, 5) is 23.6. The topological polar surface area (TPSA) is 55.8 Å². The first kappa shape index (κ1) is 12.0. The van der Waals surface area contributed by atoms with E-state index in [1.54, 1.807) is 0 Å². The molecule has 0 bridgehead atoms. The van der Waals surface area contributed by atoms with E-state index < -0.39 is 0 Å². The molecule has 15 heavy (non-hydrogen) atoms. The Kier molecular flexibility index (Phi) is 4.08. The van der Waals surface area contributed by atoms with Gasteiger partial charge in [0.2, 0.25) is 0 Å². The molecule has 0 radical (unpaired) electrons. The van der Waals surface area contributed by atoms with Crippen LogP contribution in [0.3, 0.4) is 0 Å². The number of ether oxygens (including phenoxy) is 2. The molecule has 86 valence electrons. The molecule has 2 atom stereocenters. The number of carbonyl (C=O) groups is 2. The van der Waals surface area contributed by atoms with E-state index >= 15 is 0 Å². The van der Waals surface area contributed by atoms with Gasteiger partial charge in [0.25, 0.3) is 0 Å². The standard InChI is InChI=1S/C10H17NO4/c1-7(12)14-6-9-4-11(3)5-10(9)15-8(2)13/h9-10H,4-6H2,1-3H3/t9-,10+/m0/s1. The maximum Gasteiger partial charge on any atom is 0.302 e. The van der Waals surface area contributed by atoms with Crippen molar-refractivity contribution in [2.75, 3.05) is 26.7 Å². The van der Waals surface area contributed by atoms with E-state index in [9.17, 15) is 9.59 Å². The van der Waals surface area contributed by atoms with Gasteiger partial charge in [0.15, 0.2) is 0 Å². The van der Waals surface area contributed by atoms with Crippen LogP contribution in [0.5, 0.6) is 0 Å². The highest BCUT2D eigenvalue weighted by Gasteiger charge is 2.33. The van der Waals surface area contributed by atoms with Gasteiger partial charge >= 0.3 is 11.9 Å². The quantitative estimate of drug-likeness (QED) is 0.622. The minimum Gasteiger partial charge on any atom is -0.465 e. The van der Waals surface area contributed by atoms with Crippen LogP contribution in [-0.2, 0) is 19.1 Å². The van der Waals surface area contributed by atoms with E-state index in [0.717, 1.165) is 6.54 Å². The molecular weight excluding hydrogens is 198 g/mol. The molecule has 5 nitrogen and oxygen atoms in total.